The number of aldehydes is 1. The lowest BCUT2D eigenvalue weighted by Gasteiger charge is -2.56. The highest BCUT2D eigenvalue weighted by atomic mass is 16.5. The maximum Gasteiger partial charge on any atom is 0.302 e. The van der Waals surface area contributed by atoms with Gasteiger partial charge in [-0.15, -0.1) is 0 Å². The maximum atomic E-state index is 11.3. The molecule has 0 aliphatic heterocycles. The molecule has 0 heterocycles. The van der Waals surface area contributed by atoms with E-state index in [1.165, 1.54) is 6.92 Å². The van der Waals surface area contributed by atoms with Crippen molar-refractivity contribution in [2.45, 2.75) is 71.8 Å². The van der Waals surface area contributed by atoms with E-state index in [4.69, 9.17) is 4.74 Å². The average molecular weight is 345 g/mol. The quantitative estimate of drug-likeness (QED) is 0.569. The van der Waals surface area contributed by atoms with Crippen molar-refractivity contribution < 1.29 is 14.3 Å². The molecule has 3 aliphatic rings. The van der Waals surface area contributed by atoms with Crippen molar-refractivity contribution in [3.05, 3.63) is 0 Å². The number of carbonyl (C=O) groups excluding carboxylic acids is 2. The van der Waals surface area contributed by atoms with E-state index in [2.05, 4.69) is 19.9 Å². The van der Waals surface area contributed by atoms with Crippen molar-refractivity contribution in [2.24, 2.45) is 40.9 Å². The van der Waals surface area contributed by atoms with Gasteiger partial charge in [0, 0.05) is 13.3 Å². The van der Waals surface area contributed by atoms with Gasteiger partial charge in [0.25, 0.3) is 0 Å². The summed E-state index contributed by atoms with van der Waals surface area (Å²) in [5, 5.41) is 9.73. The average Bonchev–Trinajstić information content (AvgIpc) is 2.56. The molecule has 0 saturated heterocycles. The number of nitrogens with zero attached hydrogens (tertiary/aromatic N) is 1. The van der Waals surface area contributed by atoms with Crippen LogP contribution in [0.1, 0.15) is 65.7 Å². The molecule has 3 aliphatic carbocycles. The standard InChI is InChI=1S/C21H31NO3/c1-13-10-16(25-14(2)24)11-15-4-5-17-18(20(13)15)6-8-21(3,12-22)19(17)7-9-23/h9,13,15-20H,4-8,10-11H2,1-3H3/t13-,15?,16?,17?,18?,19?,20?,21?/m0/s1. The van der Waals surface area contributed by atoms with E-state index >= 15 is 0 Å². The molecular formula is C21H31NO3. The summed E-state index contributed by atoms with van der Waals surface area (Å²) in [5.41, 5.74) is -0.354. The Morgan fingerprint density at radius 3 is 2.68 bits per heavy atom. The van der Waals surface area contributed by atoms with E-state index in [0.717, 1.165) is 44.8 Å². The van der Waals surface area contributed by atoms with Crippen molar-refractivity contribution in [3.8, 4) is 6.07 Å². The van der Waals surface area contributed by atoms with Crippen LogP contribution in [0, 0.1) is 52.3 Å². The van der Waals surface area contributed by atoms with Crippen LogP contribution >= 0.6 is 0 Å². The van der Waals surface area contributed by atoms with Crippen LogP contribution in [-0.4, -0.2) is 18.4 Å². The first kappa shape index (κ1) is 18.4. The molecule has 138 valence electrons. The predicted molar refractivity (Wildman–Crippen MR) is 94.3 cm³/mol. The molecular weight excluding hydrogens is 314 g/mol. The van der Waals surface area contributed by atoms with Gasteiger partial charge < -0.3 is 9.53 Å². The lowest BCUT2D eigenvalue weighted by molar-refractivity contribution is -0.154. The first-order valence-electron chi connectivity index (χ1n) is 9.91. The van der Waals surface area contributed by atoms with Crippen LogP contribution in [0.15, 0.2) is 0 Å². The summed E-state index contributed by atoms with van der Waals surface area (Å²) in [6.45, 7) is 5.87. The van der Waals surface area contributed by atoms with Crippen LogP contribution < -0.4 is 0 Å². The first-order valence-corrected chi connectivity index (χ1v) is 9.91. The zero-order chi connectivity index (χ0) is 18.2. The minimum atomic E-state index is -0.354. The number of fused-ring (bicyclic) bond motifs is 3. The van der Waals surface area contributed by atoms with Gasteiger partial charge in [0.1, 0.15) is 12.4 Å². The molecule has 0 radical (unpaired) electrons. The summed E-state index contributed by atoms with van der Waals surface area (Å²) < 4.78 is 5.53. The molecule has 0 amide bonds. The number of carbonyl (C=O) groups is 2. The minimum Gasteiger partial charge on any atom is -0.463 e. The van der Waals surface area contributed by atoms with E-state index in [1.54, 1.807) is 0 Å². The summed E-state index contributed by atoms with van der Waals surface area (Å²) in [6, 6.07) is 2.54. The van der Waals surface area contributed by atoms with Crippen LogP contribution in [-0.2, 0) is 14.3 Å². The van der Waals surface area contributed by atoms with Gasteiger partial charge in [-0.25, -0.2) is 0 Å². The highest BCUT2D eigenvalue weighted by Crippen LogP contribution is 2.59. The number of hydrogen-bond acceptors (Lipinski definition) is 4. The molecule has 3 rings (SSSR count). The lowest BCUT2D eigenvalue weighted by Crippen LogP contribution is -2.51. The summed E-state index contributed by atoms with van der Waals surface area (Å²) in [6.07, 6.45) is 7.84. The molecule has 4 nitrogen and oxygen atoms in total. The van der Waals surface area contributed by atoms with E-state index in [0.29, 0.717) is 36.0 Å². The Morgan fingerprint density at radius 1 is 1.28 bits per heavy atom. The molecule has 0 spiro atoms. The normalized spacial score (nSPS) is 46.2. The van der Waals surface area contributed by atoms with Gasteiger partial charge in [0.2, 0.25) is 0 Å². The maximum absolute atomic E-state index is 11.3. The second-order valence-electron chi connectivity index (χ2n) is 9.00. The van der Waals surface area contributed by atoms with E-state index in [9.17, 15) is 14.9 Å². The Morgan fingerprint density at radius 2 is 2.04 bits per heavy atom. The van der Waals surface area contributed by atoms with Gasteiger partial charge in [0.05, 0.1) is 11.5 Å². The lowest BCUT2D eigenvalue weighted by atomic mass is 9.48. The zero-order valence-corrected chi connectivity index (χ0v) is 15.7. The second kappa shape index (κ2) is 7.09. The third-order valence-electron chi connectivity index (χ3n) is 7.59. The summed E-state index contributed by atoms with van der Waals surface area (Å²) >= 11 is 0. The van der Waals surface area contributed by atoms with Gasteiger partial charge in [-0.2, -0.15) is 5.26 Å². The molecule has 0 aromatic rings. The minimum absolute atomic E-state index is 0.0732. The predicted octanol–water partition coefficient (Wildman–Crippen LogP) is 4.14. The summed E-state index contributed by atoms with van der Waals surface area (Å²) in [7, 11) is 0. The molecule has 0 bridgehead atoms. The Labute approximate surface area is 151 Å². The van der Waals surface area contributed by atoms with E-state index in [1.807, 2.05) is 0 Å². The second-order valence-corrected chi connectivity index (χ2v) is 9.00. The largest absolute Gasteiger partial charge is 0.463 e. The van der Waals surface area contributed by atoms with E-state index in [-0.39, 0.29) is 23.4 Å². The van der Waals surface area contributed by atoms with Crippen molar-refractivity contribution in [1.29, 1.82) is 5.26 Å². The Hall–Kier alpha value is -1.37. The van der Waals surface area contributed by atoms with E-state index < -0.39 is 0 Å². The molecule has 0 N–H and O–H groups in total. The van der Waals surface area contributed by atoms with Gasteiger partial charge in [-0.3, -0.25) is 4.79 Å². The summed E-state index contributed by atoms with van der Waals surface area (Å²) in [4.78, 5) is 22.6. The number of esters is 1. The molecule has 4 heteroatoms. The first-order chi connectivity index (χ1) is 11.9. The topological polar surface area (TPSA) is 67.2 Å². The van der Waals surface area contributed by atoms with Crippen LogP contribution in [0.4, 0.5) is 0 Å². The Kier molecular flexibility index (Phi) is 5.23. The van der Waals surface area contributed by atoms with Gasteiger partial charge in [0.15, 0.2) is 0 Å². The van der Waals surface area contributed by atoms with Crippen molar-refractivity contribution in [3.63, 3.8) is 0 Å². The van der Waals surface area contributed by atoms with Crippen molar-refractivity contribution in [1.82, 2.24) is 0 Å². The molecule has 3 fully saturated rings. The third kappa shape index (κ3) is 3.35. The fourth-order valence-electron chi connectivity index (χ4n) is 6.65. The molecule has 8 atom stereocenters. The van der Waals surface area contributed by atoms with Crippen molar-refractivity contribution in [2.75, 3.05) is 0 Å². The third-order valence-corrected chi connectivity index (χ3v) is 7.59. The molecule has 7 unspecified atom stereocenters. The number of hydrogen-bond donors (Lipinski definition) is 0. The number of ether oxygens (including phenoxy) is 1. The van der Waals surface area contributed by atoms with Crippen LogP contribution in [0.3, 0.4) is 0 Å². The monoisotopic (exact) mass is 345 g/mol. The number of nitriles is 1. The SMILES string of the molecule is CC(=O)OC1CC2CCC3C(CCC(C)(C#N)C3CC=O)C2[C@@H](C)C1. The molecule has 0 aromatic carbocycles. The van der Waals surface area contributed by atoms with Crippen LogP contribution in [0.2, 0.25) is 0 Å². The van der Waals surface area contributed by atoms with Gasteiger partial charge >= 0.3 is 5.97 Å². The van der Waals surface area contributed by atoms with Gasteiger partial charge in [-0.05, 0) is 81.0 Å². The van der Waals surface area contributed by atoms with Crippen LogP contribution in [0.5, 0.6) is 0 Å². The fraction of sp³-hybridized carbons (Fsp3) is 0.857. The van der Waals surface area contributed by atoms with Crippen molar-refractivity contribution >= 4 is 12.3 Å². The van der Waals surface area contributed by atoms with Crippen LogP contribution in [0.25, 0.3) is 0 Å². The molecule has 25 heavy (non-hydrogen) atoms. The summed E-state index contributed by atoms with van der Waals surface area (Å²) in [5.74, 6) is 2.97. The van der Waals surface area contributed by atoms with Gasteiger partial charge in [-0.1, -0.05) is 6.92 Å². The number of rotatable bonds is 3. The smallest absolute Gasteiger partial charge is 0.302 e. The highest BCUT2D eigenvalue weighted by molar-refractivity contribution is 5.66. The Bertz CT molecular complexity index is 568. The highest BCUT2D eigenvalue weighted by Gasteiger charge is 2.54. The fourth-order valence-corrected chi connectivity index (χ4v) is 6.65. The molecule has 0 aromatic heterocycles. The zero-order valence-electron chi connectivity index (χ0n) is 15.7. The Balaban J connectivity index is 1.79. The molecule has 3 saturated carbocycles.